The molecule has 1 aromatic heterocycles. The molecule has 3 aromatic rings. The van der Waals surface area contributed by atoms with Gasteiger partial charge in [0.15, 0.2) is 0 Å². The molecular weight excluding hydrogens is 436 g/mol. The number of aryl methyl sites for hydroxylation is 1. The number of anilines is 4. The zero-order chi connectivity index (χ0) is 22.7. The first kappa shape index (κ1) is 21.9. The number of halogens is 2. The van der Waals surface area contributed by atoms with Gasteiger partial charge in [-0.25, -0.2) is 22.2 Å². The van der Waals surface area contributed by atoms with Crippen LogP contribution in [0.25, 0.3) is 0 Å². The Labute approximate surface area is 185 Å². The first-order valence-corrected chi connectivity index (χ1v) is 11.8. The lowest BCUT2D eigenvalue weighted by Gasteiger charge is -2.17. The zero-order valence-corrected chi connectivity index (χ0v) is 18.3. The third kappa shape index (κ3) is 5.50. The van der Waals surface area contributed by atoms with Gasteiger partial charge in [0.25, 0.3) is 0 Å². The number of nitrogens with zero attached hydrogens (tertiary/aromatic N) is 3. The SMILES string of the molecule is Cc1cc(Nc2ccc(NS(=O)(=O)Cc3cc(F)ccc3F)cc2)nc(N2CCCC2)n1. The van der Waals surface area contributed by atoms with Crippen molar-refractivity contribution in [2.24, 2.45) is 0 Å². The Hall–Kier alpha value is -3.27. The van der Waals surface area contributed by atoms with Crippen molar-refractivity contribution in [3.63, 3.8) is 0 Å². The van der Waals surface area contributed by atoms with Crippen LogP contribution in [-0.2, 0) is 15.8 Å². The minimum atomic E-state index is -3.92. The largest absolute Gasteiger partial charge is 0.341 e. The summed E-state index contributed by atoms with van der Waals surface area (Å²) < 4.78 is 54.2. The highest BCUT2D eigenvalue weighted by molar-refractivity contribution is 7.91. The van der Waals surface area contributed by atoms with Crippen molar-refractivity contribution in [2.45, 2.75) is 25.5 Å². The fourth-order valence-corrected chi connectivity index (χ4v) is 4.72. The second-order valence-corrected chi connectivity index (χ2v) is 9.41. The van der Waals surface area contributed by atoms with E-state index in [2.05, 4.69) is 24.9 Å². The summed E-state index contributed by atoms with van der Waals surface area (Å²) in [5.74, 6) is -0.797. The first-order valence-electron chi connectivity index (χ1n) is 10.2. The summed E-state index contributed by atoms with van der Waals surface area (Å²) in [6.07, 6.45) is 2.26. The van der Waals surface area contributed by atoms with E-state index in [-0.39, 0.29) is 5.56 Å². The van der Waals surface area contributed by atoms with E-state index in [1.54, 1.807) is 24.3 Å². The predicted molar refractivity (Wildman–Crippen MR) is 121 cm³/mol. The van der Waals surface area contributed by atoms with E-state index in [0.717, 1.165) is 55.5 Å². The highest BCUT2D eigenvalue weighted by Gasteiger charge is 2.17. The molecule has 10 heteroatoms. The van der Waals surface area contributed by atoms with Gasteiger partial charge in [-0.1, -0.05) is 0 Å². The third-order valence-corrected chi connectivity index (χ3v) is 6.25. The van der Waals surface area contributed by atoms with E-state index in [4.69, 9.17) is 0 Å². The summed E-state index contributed by atoms with van der Waals surface area (Å²) in [6.45, 7) is 3.79. The molecule has 1 aliphatic heterocycles. The van der Waals surface area contributed by atoms with Crippen LogP contribution in [0, 0.1) is 18.6 Å². The standard InChI is InChI=1S/C22H23F2N5O2S/c1-15-12-21(27-22(25-15)29-10-2-3-11-29)26-18-5-7-19(8-6-18)28-32(30,31)14-16-13-17(23)4-9-20(16)24/h4-9,12-13,28H,2-3,10-11,14H2,1H3,(H,25,26,27). The average molecular weight is 460 g/mol. The van der Waals surface area contributed by atoms with E-state index < -0.39 is 27.4 Å². The van der Waals surface area contributed by atoms with Gasteiger partial charge in [0.1, 0.15) is 17.5 Å². The van der Waals surface area contributed by atoms with E-state index >= 15 is 0 Å². The molecule has 1 saturated heterocycles. The van der Waals surface area contributed by atoms with Crippen molar-refractivity contribution in [1.29, 1.82) is 0 Å². The van der Waals surface area contributed by atoms with Gasteiger partial charge in [0.05, 0.1) is 5.75 Å². The highest BCUT2D eigenvalue weighted by atomic mass is 32.2. The Morgan fingerprint density at radius 1 is 0.969 bits per heavy atom. The molecule has 0 bridgehead atoms. The summed E-state index contributed by atoms with van der Waals surface area (Å²) in [7, 11) is -3.92. The van der Waals surface area contributed by atoms with Gasteiger partial charge in [-0.15, -0.1) is 0 Å². The predicted octanol–water partition coefficient (Wildman–Crippen LogP) is 4.35. The number of sulfonamides is 1. The number of hydrogen-bond donors (Lipinski definition) is 2. The Kier molecular flexibility index (Phi) is 6.22. The molecule has 1 fully saturated rings. The molecule has 0 amide bonds. The maximum atomic E-state index is 13.8. The van der Waals surface area contributed by atoms with Crippen molar-refractivity contribution < 1.29 is 17.2 Å². The highest BCUT2D eigenvalue weighted by Crippen LogP contribution is 2.23. The van der Waals surface area contributed by atoms with Crippen LogP contribution in [0.1, 0.15) is 24.1 Å². The maximum Gasteiger partial charge on any atom is 0.237 e. The van der Waals surface area contributed by atoms with Gasteiger partial charge < -0.3 is 10.2 Å². The molecule has 0 spiro atoms. The van der Waals surface area contributed by atoms with Crippen LogP contribution in [0.2, 0.25) is 0 Å². The third-order valence-electron chi connectivity index (χ3n) is 5.02. The fourth-order valence-electron chi connectivity index (χ4n) is 3.52. The molecule has 0 unspecified atom stereocenters. The lowest BCUT2D eigenvalue weighted by atomic mass is 10.2. The molecule has 32 heavy (non-hydrogen) atoms. The van der Waals surface area contributed by atoms with Crippen molar-refractivity contribution in [2.75, 3.05) is 28.0 Å². The van der Waals surface area contributed by atoms with Crippen LogP contribution in [0.3, 0.4) is 0 Å². The molecule has 1 aliphatic rings. The van der Waals surface area contributed by atoms with Gasteiger partial charge >= 0.3 is 0 Å². The molecule has 0 atom stereocenters. The second-order valence-electron chi connectivity index (χ2n) is 7.69. The fraction of sp³-hybridized carbons (Fsp3) is 0.273. The van der Waals surface area contributed by atoms with Crippen LogP contribution in [0.5, 0.6) is 0 Å². The zero-order valence-electron chi connectivity index (χ0n) is 17.5. The number of aromatic nitrogens is 2. The number of benzene rings is 2. The van der Waals surface area contributed by atoms with Crippen molar-refractivity contribution in [3.8, 4) is 0 Å². The molecule has 0 radical (unpaired) electrons. The molecule has 0 aliphatic carbocycles. The van der Waals surface area contributed by atoms with Crippen molar-refractivity contribution in [1.82, 2.24) is 9.97 Å². The Morgan fingerprint density at radius 2 is 1.66 bits per heavy atom. The lowest BCUT2D eigenvalue weighted by Crippen LogP contribution is -2.21. The maximum absolute atomic E-state index is 13.8. The Morgan fingerprint density at radius 3 is 2.38 bits per heavy atom. The minimum Gasteiger partial charge on any atom is -0.341 e. The summed E-state index contributed by atoms with van der Waals surface area (Å²) in [6, 6.07) is 11.1. The summed E-state index contributed by atoms with van der Waals surface area (Å²) in [4.78, 5) is 11.2. The van der Waals surface area contributed by atoms with E-state index in [1.807, 2.05) is 13.0 Å². The van der Waals surface area contributed by atoms with Crippen LogP contribution in [0.4, 0.5) is 31.9 Å². The Bertz CT molecular complexity index is 1210. The van der Waals surface area contributed by atoms with Gasteiger partial charge in [-0.3, -0.25) is 4.72 Å². The van der Waals surface area contributed by atoms with Crippen LogP contribution in [0.15, 0.2) is 48.5 Å². The van der Waals surface area contributed by atoms with Crippen LogP contribution < -0.4 is 14.9 Å². The molecule has 2 aromatic carbocycles. The smallest absolute Gasteiger partial charge is 0.237 e. The Balaban J connectivity index is 1.43. The van der Waals surface area contributed by atoms with Crippen LogP contribution in [-0.4, -0.2) is 31.5 Å². The topological polar surface area (TPSA) is 87.2 Å². The first-order chi connectivity index (χ1) is 15.3. The lowest BCUT2D eigenvalue weighted by molar-refractivity contribution is 0.581. The van der Waals surface area contributed by atoms with Gasteiger partial charge in [-0.05, 0) is 62.2 Å². The average Bonchev–Trinajstić information content (AvgIpc) is 3.26. The number of rotatable bonds is 7. The summed E-state index contributed by atoms with van der Waals surface area (Å²) in [5, 5.41) is 3.21. The number of nitrogens with one attached hydrogen (secondary N) is 2. The minimum absolute atomic E-state index is 0.233. The molecule has 168 valence electrons. The monoisotopic (exact) mass is 459 g/mol. The van der Waals surface area contributed by atoms with E-state index in [1.165, 1.54) is 0 Å². The van der Waals surface area contributed by atoms with Gasteiger partial charge in [0.2, 0.25) is 16.0 Å². The second kappa shape index (κ2) is 9.07. The molecule has 4 rings (SSSR count). The van der Waals surface area contributed by atoms with E-state index in [9.17, 15) is 17.2 Å². The molecule has 2 heterocycles. The van der Waals surface area contributed by atoms with Gasteiger partial charge in [-0.2, -0.15) is 4.98 Å². The molecule has 7 nitrogen and oxygen atoms in total. The quantitative estimate of drug-likeness (QED) is 0.546. The van der Waals surface area contributed by atoms with E-state index in [0.29, 0.717) is 17.5 Å². The molecule has 0 saturated carbocycles. The van der Waals surface area contributed by atoms with Crippen molar-refractivity contribution >= 4 is 33.2 Å². The van der Waals surface area contributed by atoms with Crippen LogP contribution >= 0.6 is 0 Å². The summed E-state index contributed by atoms with van der Waals surface area (Å²) in [5.41, 5.74) is 1.64. The van der Waals surface area contributed by atoms with Crippen molar-refractivity contribution in [3.05, 3.63) is 71.4 Å². The van der Waals surface area contributed by atoms with Gasteiger partial charge in [0, 0.05) is 41.8 Å². The normalized spacial score (nSPS) is 13.9. The molecule has 2 N–H and O–H groups in total. The number of hydrogen-bond acceptors (Lipinski definition) is 6. The summed E-state index contributed by atoms with van der Waals surface area (Å²) >= 11 is 0. The molecular formula is C22H23F2N5O2S.